The van der Waals surface area contributed by atoms with Gasteiger partial charge in [-0.15, -0.1) is 23.4 Å². The van der Waals surface area contributed by atoms with Gasteiger partial charge < -0.3 is 14.3 Å². The lowest BCUT2D eigenvalue weighted by Crippen LogP contribution is -2.41. The Morgan fingerprint density at radius 3 is 2.91 bits per heavy atom. The largest absolute Gasteiger partial charge is 0.504 e. The molecule has 0 saturated carbocycles. The van der Waals surface area contributed by atoms with E-state index in [9.17, 15) is 18.0 Å². The van der Waals surface area contributed by atoms with Crippen molar-refractivity contribution in [1.29, 1.82) is 0 Å². The molecule has 178 valence electrons. The van der Waals surface area contributed by atoms with Crippen molar-refractivity contribution in [2.75, 3.05) is 6.54 Å². The highest BCUT2D eigenvalue weighted by Crippen LogP contribution is 2.35. The number of carbonyl (C=O) groups excluding carboxylic acids is 1. The highest BCUT2D eigenvalue weighted by molar-refractivity contribution is 5.90. The molecular weight excluding hydrogens is 467 g/mol. The molecule has 0 aliphatic carbocycles. The van der Waals surface area contributed by atoms with Gasteiger partial charge in [-0.1, -0.05) is 6.07 Å². The number of alkyl halides is 3. The van der Waals surface area contributed by atoms with Crippen molar-refractivity contribution >= 4 is 11.4 Å². The van der Waals surface area contributed by atoms with Crippen molar-refractivity contribution < 1.29 is 22.4 Å². The van der Waals surface area contributed by atoms with Crippen molar-refractivity contribution in [2.24, 2.45) is 0 Å². The van der Waals surface area contributed by atoms with E-state index in [1.54, 1.807) is 10.8 Å². The maximum Gasteiger partial charge on any atom is 0.504 e. The van der Waals surface area contributed by atoms with Gasteiger partial charge in [0, 0.05) is 31.1 Å². The molecule has 5 aromatic heterocycles. The molecule has 1 aliphatic heterocycles. The molecule has 14 heteroatoms. The van der Waals surface area contributed by atoms with Crippen LogP contribution in [0.1, 0.15) is 39.4 Å². The molecule has 0 aromatic carbocycles. The number of aromatic amines is 1. The average Bonchev–Trinajstić information content (AvgIpc) is 3.62. The van der Waals surface area contributed by atoms with Crippen LogP contribution in [-0.2, 0) is 12.7 Å². The first-order valence-corrected chi connectivity index (χ1v) is 10.5. The van der Waals surface area contributed by atoms with Gasteiger partial charge in [0.15, 0.2) is 0 Å². The molecule has 1 amide bonds. The zero-order valence-corrected chi connectivity index (χ0v) is 18.1. The maximum atomic E-state index is 13.5. The second kappa shape index (κ2) is 7.51. The van der Waals surface area contributed by atoms with Crippen LogP contribution in [0, 0.1) is 6.92 Å². The number of H-pyrrole nitrogens is 1. The van der Waals surface area contributed by atoms with Crippen LogP contribution in [0.2, 0.25) is 0 Å². The van der Waals surface area contributed by atoms with Crippen LogP contribution in [0.5, 0.6) is 0 Å². The molecule has 1 N–H and O–H groups in total. The van der Waals surface area contributed by atoms with Crippen molar-refractivity contribution in [3.05, 3.63) is 71.7 Å². The van der Waals surface area contributed by atoms with E-state index < -0.39 is 18.2 Å². The number of aromatic nitrogens is 8. The van der Waals surface area contributed by atoms with E-state index in [-0.39, 0.29) is 22.0 Å². The zero-order chi connectivity index (χ0) is 24.3. The average molecular weight is 483 g/mol. The minimum Gasteiger partial charge on any atom is -0.412 e. The molecule has 0 fully saturated rings. The Balaban J connectivity index is 1.37. The normalized spacial score (nSPS) is 16.1. The number of aryl methyl sites for hydroxylation is 1. The summed E-state index contributed by atoms with van der Waals surface area (Å²) in [5.41, 5.74) is 3.99. The molecule has 35 heavy (non-hydrogen) atoms. The van der Waals surface area contributed by atoms with E-state index in [2.05, 4.69) is 30.4 Å². The van der Waals surface area contributed by atoms with Crippen molar-refractivity contribution in [3.63, 3.8) is 0 Å². The molecule has 6 rings (SSSR count). The van der Waals surface area contributed by atoms with Crippen molar-refractivity contribution in [1.82, 2.24) is 44.5 Å². The Labute approximate surface area is 194 Å². The lowest BCUT2D eigenvalue weighted by molar-refractivity contribution is -0.212. The molecular formula is C21H16F3N9O2. The smallest absolute Gasteiger partial charge is 0.412 e. The van der Waals surface area contributed by atoms with Crippen molar-refractivity contribution in [3.8, 4) is 11.5 Å². The quantitative estimate of drug-likeness (QED) is 0.419. The summed E-state index contributed by atoms with van der Waals surface area (Å²) in [6, 6.07) is 5.12. The number of nitrogens with zero attached hydrogens (tertiary/aromatic N) is 8. The zero-order valence-electron chi connectivity index (χ0n) is 18.1. The van der Waals surface area contributed by atoms with Crippen LogP contribution in [0.15, 0.2) is 47.5 Å². The van der Waals surface area contributed by atoms with Gasteiger partial charge in [0.1, 0.15) is 6.04 Å². The molecule has 11 nitrogen and oxygen atoms in total. The predicted octanol–water partition coefficient (Wildman–Crippen LogP) is 2.88. The number of nitrogens with one attached hydrogen (secondary N) is 1. The summed E-state index contributed by atoms with van der Waals surface area (Å²) >= 11 is 0. The van der Waals surface area contributed by atoms with Gasteiger partial charge >= 0.3 is 18.1 Å². The van der Waals surface area contributed by atoms with Gasteiger partial charge in [-0.2, -0.15) is 14.9 Å². The second-order valence-corrected chi connectivity index (χ2v) is 8.06. The Morgan fingerprint density at radius 2 is 2.14 bits per heavy atom. The molecule has 0 unspecified atom stereocenters. The van der Waals surface area contributed by atoms with Crippen LogP contribution in [-0.4, -0.2) is 56.9 Å². The fourth-order valence-corrected chi connectivity index (χ4v) is 4.23. The van der Waals surface area contributed by atoms with Gasteiger partial charge in [-0.25, -0.2) is 9.50 Å². The first kappa shape index (κ1) is 21.1. The summed E-state index contributed by atoms with van der Waals surface area (Å²) in [6.45, 7) is 2.28. The lowest BCUT2D eigenvalue weighted by atomic mass is 9.99. The van der Waals surface area contributed by atoms with Gasteiger partial charge in [-0.3, -0.25) is 4.79 Å². The van der Waals surface area contributed by atoms with Gasteiger partial charge in [0.25, 0.3) is 5.89 Å². The number of amides is 1. The van der Waals surface area contributed by atoms with E-state index >= 15 is 0 Å². The summed E-state index contributed by atoms with van der Waals surface area (Å²) in [7, 11) is 0. The SMILES string of the molecule is Cc1cccn2nc([C@H]3c4nc[nH]c4CCN3C(=O)c3nnc(-c4cnn(C(F)(F)F)c4)o3)cc12. The maximum absolute atomic E-state index is 13.5. The Morgan fingerprint density at radius 1 is 1.29 bits per heavy atom. The number of hydrogen-bond donors (Lipinski definition) is 1. The fraction of sp³-hybridized carbons (Fsp3) is 0.238. The molecule has 5 aromatic rings. The standard InChI is InChI=1S/C21H16F3N9O2/c1-11-3-2-5-32-15(11)7-14(30-32)17-16-13(25-10-26-16)4-6-31(17)20(34)19-29-28-18(35-19)12-8-27-33(9-12)21(22,23)24/h2-3,5,7-10,17H,4,6H2,1H3,(H,25,26)/t17-/m0/s1. The Hall–Kier alpha value is -4.49. The van der Waals surface area contributed by atoms with E-state index in [1.165, 1.54) is 4.90 Å². The van der Waals surface area contributed by atoms with E-state index in [1.807, 2.05) is 31.3 Å². The van der Waals surface area contributed by atoms with E-state index in [4.69, 9.17) is 4.42 Å². The third kappa shape index (κ3) is 3.45. The van der Waals surface area contributed by atoms with Crippen molar-refractivity contribution in [2.45, 2.75) is 25.7 Å². The number of carbonyl (C=O) groups is 1. The van der Waals surface area contributed by atoms with Gasteiger partial charge in [0.05, 0.1) is 35.0 Å². The third-order valence-corrected chi connectivity index (χ3v) is 5.90. The summed E-state index contributed by atoms with van der Waals surface area (Å²) in [5.74, 6) is -1.19. The molecule has 0 spiro atoms. The third-order valence-electron chi connectivity index (χ3n) is 5.90. The van der Waals surface area contributed by atoms with Crippen LogP contribution in [0.25, 0.3) is 17.0 Å². The number of rotatable bonds is 3. The van der Waals surface area contributed by atoms with E-state index in [0.717, 1.165) is 23.0 Å². The van der Waals surface area contributed by atoms with Crippen LogP contribution in [0.4, 0.5) is 13.2 Å². The molecule has 0 bridgehead atoms. The summed E-state index contributed by atoms with van der Waals surface area (Å²) in [5, 5.41) is 15.5. The van der Waals surface area contributed by atoms with Gasteiger partial charge in [0.2, 0.25) is 0 Å². The number of hydrogen-bond acceptors (Lipinski definition) is 7. The second-order valence-electron chi connectivity index (χ2n) is 8.06. The fourth-order valence-electron chi connectivity index (χ4n) is 4.23. The summed E-state index contributed by atoms with van der Waals surface area (Å²) in [4.78, 5) is 22.5. The van der Waals surface area contributed by atoms with Gasteiger partial charge in [-0.05, 0) is 24.6 Å². The van der Waals surface area contributed by atoms with Crippen LogP contribution >= 0.6 is 0 Å². The van der Waals surface area contributed by atoms with E-state index in [0.29, 0.717) is 30.6 Å². The number of halogens is 3. The molecule has 0 radical (unpaired) electrons. The Kier molecular flexibility index (Phi) is 4.52. The minimum atomic E-state index is -4.69. The first-order valence-electron chi connectivity index (χ1n) is 10.5. The highest BCUT2D eigenvalue weighted by Gasteiger charge is 2.38. The number of fused-ring (bicyclic) bond motifs is 2. The molecule has 6 heterocycles. The first-order chi connectivity index (χ1) is 16.8. The summed E-state index contributed by atoms with van der Waals surface area (Å²) in [6.07, 6.45) is 0.858. The molecule has 0 saturated heterocycles. The molecule has 1 aliphatic rings. The number of imidazole rings is 1. The highest BCUT2D eigenvalue weighted by atomic mass is 19.4. The lowest BCUT2D eigenvalue weighted by Gasteiger charge is -2.32. The monoisotopic (exact) mass is 483 g/mol. The predicted molar refractivity (Wildman–Crippen MR) is 112 cm³/mol. The number of pyridine rings is 1. The molecule has 1 atom stereocenters. The van der Waals surface area contributed by atoms with Crippen LogP contribution < -0.4 is 0 Å². The Bertz CT molecular complexity index is 1560. The topological polar surface area (TPSA) is 123 Å². The minimum absolute atomic E-state index is 0.0607. The van der Waals surface area contributed by atoms with Crippen LogP contribution in [0.3, 0.4) is 0 Å². The summed E-state index contributed by atoms with van der Waals surface area (Å²) < 4.78 is 45.6.